The fourth-order valence-corrected chi connectivity index (χ4v) is 8.14. The fraction of sp³-hybridized carbons (Fsp3) is 0.286. The molecule has 0 bridgehead atoms. The van der Waals surface area contributed by atoms with Gasteiger partial charge in [0, 0.05) is 66.5 Å². The lowest BCUT2D eigenvalue weighted by molar-refractivity contribution is -0.136. The largest absolute Gasteiger partial charge is 0.481 e. The molecule has 5 heterocycles. The average Bonchev–Trinajstić information content (AvgIpc) is 3.80. The number of carboxylic acids is 1. The van der Waals surface area contributed by atoms with Crippen LogP contribution < -0.4 is 20.7 Å². The maximum absolute atomic E-state index is 11.9. The first-order valence-corrected chi connectivity index (χ1v) is 17.3. The van der Waals surface area contributed by atoms with Gasteiger partial charge in [-0.3, -0.25) is 14.5 Å². The summed E-state index contributed by atoms with van der Waals surface area (Å²) in [6.07, 6.45) is 3.27. The maximum Gasteiger partial charge on any atom is 0.317 e. The van der Waals surface area contributed by atoms with Crippen molar-refractivity contribution in [1.82, 2.24) is 30.5 Å². The highest BCUT2D eigenvalue weighted by atomic mass is 35.5. The molecule has 3 aromatic heterocycles. The lowest BCUT2D eigenvalue weighted by Gasteiger charge is -2.22. The van der Waals surface area contributed by atoms with Crippen molar-refractivity contribution in [3.8, 4) is 28.3 Å². The number of aromatic nitrogens is 3. The molecule has 7 rings (SSSR count). The monoisotopic (exact) mass is 717 g/mol. The summed E-state index contributed by atoms with van der Waals surface area (Å²) in [6.45, 7) is 3.39. The van der Waals surface area contributed by atoms with Gasteiger partial charge >= 0.3 is 5.97 Å². The van der Waals surface area contributed by atoms with E-state index in [1.54, 1.807) is 13.3 Å². The lowest BCUT2D eigenvalue weighted by Crippen LogP contribution is -2.29. The van der Waals surface area contributed by atoms with Gasteiger partial charge in [-0.05, 0) is 31.2 Å². The Balaban J connectivity index is 1.12. The Labute approximate surface area is 296 Å². The smallest absolute Gasteiger partial charge is 0.317 e. The SMILES string of the molecule is COc1nc(-c2cccc(-c3cccc(Nc4nccc5sc(CNCC(=O)O)nc45)c3Cl)c2Cl)ccc1CN1CCC2(CNC(=O)C2)C1. The number of carbonyl (C=O) groups is 2. The van der Waals surface area contributed by atoms with Crippen LogP contribution >= 0.6 is 34.5 Å². The van der Waals surface area contributed by atoms with Crippen LogP contribution in [0.5, 0.6) is 5.88 Å². The predicted octanol–water partition coefficient (Wildman–Crippen LogP) is 6.37. The van der Waals surface area contributed by atoms with Crippen molar-refractivity contribution in [3.63, 3.8) is 0 Å². The van der Waals surface area contributed by atoms with Crippen LogP contribution in [0.4, 0.5) is 11.5 Å². The molecule has 49 heavy (non-hydrogen) atoms. The first kappa shape index (κ1) is 33.2. The number of hydrogen-bond donors (Lipinski definition) is 4. The van der Waals surface area contributed by atoms with E-state index in [1.165, 1.54) is 11.3 Å². The second kappa shape index (κ2) is 13.9. The van der Waals surface area contributed by atoms with E-state index < -0.39 is 5.97 Å². The van der Waals surface area contributed by atoms with Crippen LogP contribution in [-0.2, 0) is 22.7 Å². The van der Waals surface area contributed by atoms with E-state index in [0.717, 1.165) is 58.0 Å². The number of hydrogen-bond acceptors (Lipinski definition) is 10. The summed E-state index contributed by atoms with van der Waals surface area (Å²) < 4.78 is 6.66. The molecule has 0 aliphatic carbocycles. The minimum atomic E-state index is -0.928. The summed E-state index contributed by atoms with van der Waals surface area (Å²) in [6, 6.07) is 17.3. The van der Waals surface area contributed by atoms with Gasteiger partial charge < -0.3 is 25.8 Å². The molecule has 1 spiro atoms. The number of methoxy groups -OCH3 is 1. The highest BCUT2D eigenvalue weighted by molar-refractivity contribution is 7.18. The summed E-state index contributed by atoms with van der Waals surface area (Å²) in [7, 11) is 1.62. The summed E-state index contributed by atoms with van der Waals surface area (Å²) in [5.74, 6) is 0.280. The number of rotatable bonds is 11. The van der Waals surface area contributed by atoms with Crippen molar-refractivity contribution in [2.24, 2.45) is 5.41 Å². The van der Waals surface area contributed by atoms with Gasteiger partial charge in [0.1, 0.15) is 10.5 Å². The van der Waals surface area contributed by atoms with Gasteiger partial charge in [0.25, 0.3) is 0 Å². The zero-order valence-electron chi connectivity index (χ0n) is 26.6. The predicted molar refractivity (Wildman–Crippen MR) is 192 cm³/mol. The average molecular weight is 719 g/mol. The maximum atomic E-state index is 11.9. The first-order valence-electron chi connectivity index (χ1n) is 15.8. The molecule has 4 N–H and O–H groups in total. The number of nitrogens with one attached hydrogen (secondary N) is 3. The summed E-state index contributed by atoms with van der Waals surface area (Å²) >= 11 is 15.6. The fourth-order valence-electron chi connectivity index (χ4n) is 6.61. The van der Waals surface area contributed by atoms with Gasteiger partial charge in [-0.25, -0.2) is 15.0 Å². The van der Waals surface area contributed by atoms with Gasteiger partial charge in [-0.2, -0.15) is 0 Å². The number of amides is 1. The molecule has 252 valence electrons. The number of aliphatic carboxylic acids is 1. The molecule has 1 unspecified atom stereocenters. The summed E-state index contributed by atoms with van der Waals surface area (Å²) in [5.41, 5.74) is 5.18. The van der Waals surface area contributed by atoms with Crippen LogP contribution in [0.2, 0.25) is 10.0 Å². The van der Waals surface area contributed by atoms with E-state index in [9.17, 15) is 9.59 Å². The molecule has 2 saturated heterocycles. The van der Waals surface area contributed by atoms with Crippen molar-refractivity contribution < 1.29 is 19.4 Å². The van der Waals surface area contributed by atoms with Gasteiger partial charge in [0.2, 0.25) is 11.8 Å². The Kier molecular flexibility index (Phi) is 9.40. The van der Waals surface area contributed by atoms with Crippen LogP contribution in [-0.4, -0.2) is 70.1 Å². The molecular weight excluding hydrogens is 685 g/mol. The number of fused-ring (bicyclic) bond motifs is 1. The van der Waals surface area contributed by atoms with Gasteiger partial charge in [0.05, 0.1) is 39.8 Å². The van der Waals surface area contributed by atoms with E-state index in [4.69, 9.17) is 38.0 Å². The summed E-state index contributed by atoms with van der Waals surface area (Å²) in [5, 5.41) is 19.8. The minimum Gasteiger partial charge on any atom is -0.481 e. The zero-order chi connectivity index (χ0) is 34.1. The third-order valence-electron chi connectivity index (χ3n) is 8.96. The van der Waals surface area contributed by atoms with Crippen molar-refractivity contribution in [1.29, 1.82) is 0 Å². The molecular formula is C35H33Cl2N7O4S. The van der Waals surface area contributed by atoms with Crippen molar-refractivity contribution in [2.45, 2.75) is 25.9 Å². The molecule has 2 aliphatic rings. The third-order valence-corrected chi connectivity index (χ3v) is 10.8. The second-order valence-electron chi connectivity index (χ2n) is 12.3. The zero-order valence-corrected chi connectivity index (χ0v) is 28.9. The molecule has 2 aromatic carbocycles. The Morgan fingerprint density at radius 3 is 2.65 bits per heavy atom. The minimum absolute atomic E-state index is 0.0240. The van der Waals surface area contributed by atoms with Crippen LogP contribution in [0.3, 0.4) is 0 Å². The summed E-state index contributed by atoms with van der Waals surface area (Å²) in [4.78, 5) is 39.2. The Morgan fingerprint density at radius 2 is 1.88 bits per heavy atom. The Hall–Kier alpha value is -4.33. The van der Waals surface area contributed by atoms with E-state index >= 15 is 0 Å². The Morgan fingerprint density at radius 1 is 1.08 bits per heavy atom. The molecule has 5 aromatic rings. The van der Waals surface area contributed by atoms with Gasteiger partial charge in [-0.1, -0.05) is 59.6 Å². The Bertz CT molecular complexity index is 2080. The number of halogens is 2. The number of nitrogens with zero attached hydrogens (tertiary/aromatic N) is 4. The first-order chi connectivity index (χ1) is 23.7. The number of thiazole rings is 1. The second-order valence-corrected chi connectivity index (χ2v) is 14.2. The van der Waals surface area contributed by atoms with Crippen molar-refractivity contribution in [2.75, 3.05) is 38.6 Å². The molecule has 1 amide bonds. The van der Waals surface area contributed by atoms with Crippen LogP contribution in [0.1, 0.15) is 23.4 Å². The number of anilines is 2. The highest BCUT2D eigenvalue weighted by Gasteiger charge is 2.43. The molecule has 1 atom stereocenters. The number of carboxylic acid groups (broad SMARTS) is 1. The third kappa shape index (κ3) is 6.92. The van der Waals surface area contributed by atoms with E-state index in [2.05, 4.69) is 30.8 Å². The normalized spacial score (nSPS) is 17.6. The van der Waals surface area contributed by atoms with Gasteiger partial charge in [-0.15, -0.1) is 11.3 Å². The lowest BCUT2D eigenvalue weighted by atomic mass is 9.86. The molecule has 14 heteroatoms. The molecule has 0 radical (unpaired) electrons. The van der Waals surface area contributed by atoms with Crippen LogP contribution in [0.25, 0.3) is 32.6 Å². The number of ether oxygens (including phenoxy) is 1. The molecule has 0 saturated carbocycles. The quantitative estimate of drug-likeness (QED) is 0.122. The number of benzene rings is 2. The number of carbonyl (C=O) groups excluding carboxylic acids is 1. The number of likely N-dealkylation sites (tertiary alicyclic amines) is 1. The van der Waals surface area contributed by atoms with E-state index in [0.29, 0.717) is 58.2 Å². The van der Waals surface area contributed by atoms with Gasteiger partial charge in [0.15, 0.2) is 5.82 Å². The van der Waals surface area contributed by atoms with Crippen molar-refractivity contribution >= 4 is 68.1 Å². The van der Waals surface area contributed by atoms with E-state index in [1.807, 2.05) is 54.6 Å². The molecule has 2 fully saturated rings. The number of pyridine rings is 2. The van der Waals surface area contributed by atoms with Crippen molar-refractivity contribution in [3.05, 3.63) is 81.4 Å². The standard InChI is InChI=1S/C35H33Cl2N7O4S/c1-48-34-20(17-44-13-11-35(19-44)14-27(45)40-18-35)8-9-24(42-34)23-6-2-4-21(30(23)36)22-5-3-7-25(31(22)37)41-33-32-26(10-12-39-33)49-28(43-32)15-38-16-29(46)47/h2-10,12,38H,11,13-19H2,1H3,(H,39,41)(H,40,45)(H,46,47). The van der Waals surface area contributed by atoms with Crippen LogP contribution in [0, 0.1) is 5.41 Å². The van der Waals surface area contributed by atoms with Crippen LogP contribution in [0.15, 0.2) is 60.8 Å². The molecule has 11 nitrogen and oxygen atoms in total. The van der Waals surface area contributed by atoms with E-state index in [-0.39, 0.29) is 17.9 Å². The topological polar surface area (TPSA) is 142 Å². The molecule has 2 aliphatic heterocycles. The highest BCUT2D eigenvalue weighted by Crippen LogP contribution is 2.43.